The Morgan fingerprint density at radius 3 is 2.38 bits per heavy atom. The number of hydrogen-bond donors (Lipinski definition) is 0. The highest BCUT2D eigenvalue weighted by molar-refractivity contribution is 6.32. The molecule has 2 amide bonds. The Hall–Kier alpha value is -2.51. The average molecular weight is 359 g/mol. The van der Waals surface area contributed by atoms with Crippen LogP contribution in [0.5, 0.6) is 0 Å². The molecule has 26 heavy (non-hydrogen) atoms. The number of benzene rings is 1. The van der Waals surface area contributed by atoms with Crippen LogP contribution < -0.4 is 5.46 Å². The van der Waals surface area contributed by atoms with Crippen molar-refractivity contribution in [2.24, 2.45) is 0 Å². The molecule has 1 heterocycles. The van der Waals surface area contributed by atoms with Crippen molar-refractivity contribution >= 4 is 31.5 Å². The van der Waals surface area contributed by atoms with Crippen LogP contribution in [0.15, 0.2) is 24.3 Å². The van der Waals surface area contributed by atoms with E-state index in [4.69, 9.17) is 22.1 Å². The van der Waals surface area contributed by atoms with Gasteiger partial charge in [-0.1, -0.05) is 29.7 Å². The summed E-state index contributed by atoms with van der Waals surface area (Å²) in [7, 11) is 5.68. The van der Waals surface area contributed by atoms with Crippen LogP contribution in [0.1, 0.15) is 33.3 Å². The lowest BCUT2D eigenvalue weighted by molar-refractivity contribution is -0.152. The lowest BCUT2D eigenvalue weighted by Gasteiger charge is -2.26. The van der Waals surface area contributed by atoms with E-state index in [0.29, 0.717) is 5.46 Å². The highest BCUT2D eigenvalue weighted by Crippen LogP contribution is 2.26. The van der Waals surface area contributed by atoms with Crippen LogP contribution >= 0.6 is 0 Å². The largest absolute Gasteiger partial charge is 0.463 e. The third-order valence-corrected chi connectivity index (χ3v) is 3.64. The second-order valence-corrected chi connectivity index (χ2v) is 6.92. The molecular formula is C18H22BNO6. The number of hydrogen-bond acceptors (Lipinski definition) is 6. The molecule has 2 radical (unpaired) electrons. The molecule has 138 valence electrons. The monoisotopic (exact) mass is 359 g/mol. The molecule has 1 aliphatic rings. The Labute approximate surface area is 154 Å². The van der Waals surface area contributed by atoms with Gasteiger partial charge in [0.15, 0.2) is 0 Å². The molecule has 7 nitrogen and oxygen atoms in total. The number of cyclic esters (lactones) is 1. The number of rotatable bonds is 4. The number of nitrogens with zero attached hydrogens (tertiary/aromatic N) is 1. The van der Waals surface area contributed by atoms with Crippen LogP contribution in [-0.4, -0.2) is 55.3 Å². The van der Waals surface area contributed by atoms with E-state index in [-0.39, 0.29) is 13.0 Å². The standard InChI is InChI=1S/C18H22BNO6/c1-5-24-15(21)14-13(10-11-6-8-12(19)9-7-11)20(16(22)25-14)17(23)26-18(2,3)4/h6-9,13-14H,5,10H2,1-4H3/t13-,14+/m1/s1. The van der Waals surface area contributed by atoms with Gasteiger partial charge in [-0.25, -0.2) is 19.3 Å². The molecule has 1 aliphatic heterocycles. The first-order chi connectivity index (χ1) is 12.1. The number of esters is 1. The smallest absolute Gasteiger partial charge is 0.420 e. The minimum atomic E-state index is -1.22. The van der Waals surface area contributed by atoms with E-state index in [1.54, 1.807) is 52.0 Å². The molecule has 1 saturated heterocycles. The summed E-state index contributed by atoms with van der Waals surface area (Å²) in [6.07, 6.45) is -2.81. The van der Waals surface area contributed by atoms with Gasteiger partial charge >= 0.3 is 18.2 Å². The van der Waals surface area contributed by atoms with Gasteiger partial charge in [-0.2, -0.15) is 0 Å². The third-order valence-electron chi connectivity index (χ3n) is 3.64. The van der Waals surface area contributed by atoms with Gasteiger partial charge in [0, 0.05) is 0 Å². The number of carbonyl (C=O) groups is 3. The SMILES string of the molecule is [B]c1ccc(C[C@@H]2[C@@H](C(=O)OCC)OC(=O)N2C(=O)OC(C)(C)C)cc1. The summed E-state index contributed by atoms with van der Waals surface area (Å²) in [5, 5.41) is 0. The van der Waals surface area contributed by atoms with Gasteiger partial charge in [-0.05, 0) is 39.7 Å². The number of ether oxygens (including phenoxy) is 3. The second kappa shape index (κ2) is 7.80. The lowest BCUT2D eigenvalue weighted by atomic mass is 9.93. The zero-order chi connectivity index (χ0) is 19.5. The fourth-order valence-electron chi connectivity index (χ4n) is 2.56. The van der Waals surface area contributed by atoms with Gasteiger partial charge in [-0.3, -0.25) is 0 Å². The molecular weight excluding hydrogens is 337 g/mol. The van der Waals surface area contributed by atoms with E-state index >= 15 is 0 Å². The van der Waals surface area contributed by atoms with Crippen LogP contribution in [0.25, 0.3) is 0 Å². The Balaban J connectivity index is 2.30. The summed E-state index contributed by atoms with van der Waals surface area (Å²) in [5.74, 6) is -0.702. The number of imide groups is 1. The molecule has 1 fully saturated rings. The predicted molar refractivity (Wildman–Crippen MR) is 94.3 cm³/mol. The quantitative estimate of drug-likeness (QED) is 0.463. The molecule has 0 spiro atoms. The fourth-order valence-corrected chi connectivity index (χ4v) is 2.56. The Bertz CT molecular complexity index is 682. The summed E-state index contributed by atoms with van der Waals surface area (Å²) in [5.41, 5.74) is 0.564. The van der Waals surface area contributed by atoms with E-state index in [9.17, 15) is 14.4 Å². The van der Waals surface area contributed by atoms with Crippen LogP contribution in [0.4, 0.5) is 9.59 Å². The summed E-state index contributed by atoms with van der Waals surface area (Å²) < 4.78 is 15.4. The van der Waals surface area contributed by atoms with Gasteiger partial charge in [0.2, 0.25) is 6.10 Å². The maximum absolute atomic E-state index is 12.5. The minimum absolute atomic E-state index is 0.133. The molecule has 0 aliphatic carbocycles. The first-order valence-electron chi connectivity index (χ1n) is 8.36. The van der Waals surface area contributed by atoms with Crippen molar-refractivity contribution in [1.82, 2.24) is 4.90 Å². The van der Waals surface area contributed by atoms with Gasteiger partial charge < -0.3 is 14.2 Å². The van der Waals surface area contributed by atoms with Crippen molar-refractivity contribution in [2.75, 3.05) is 6.61 Å². The maximum Gasteiger partial charge on any atom is 0.420 e. The van der Waals surface area contributed by atoms with Gasteiger partial charge in [0.05, 0.1) is 12.6 Å². The van der Waals surface area contributed by atoms with Gasteiger partial charge in [0.1, 0.15) is 13.4 Å². The Morgan fingerprint density at radius 2 is 1.85 bits per heavy atom. The highest BCUT2D eigenvalue weighted by Gasteiger charge is 2.51. The maximum atomic E-state index is 12.5. The first kappa shape index (κ1) is 19.8. The molecule has 8 heteroatoms. The number of carbonyl (C=O) groups excluding carboxylic acids is 3. The second-order valence-electron chi connectivity index (χ2n) is 6.92. The molecule has 2 rings (SSSR count). The molecule has 0 N–H and O–H groups in total. The van der Waals surface area contributed by atoms with Gasteiger partial charge in [-0.15, -0.1) is 0 Å². The van der Waals surface area contributed by atoms with Crippen LogP contribution in [0, 0.1) is 0 Å². The van der Waals surface area contributed by atoms with Gasteiger partial charge in [0.25, 0.3) is 0 Å². The van der Waals surface area contributed by atoms with Crippen molar-refractivity contribution in [3.05, 3.63) is 29.8 Å². The van der Waals surface area contributed by atoms with Crippen molar-refractivity contribution in [3.63, 3.8) is 0 Å². The normalized spacial score (nSPS) is 19.8. The Kier molecular flexibility index (Phi) is 5.95. The average Bonchev–Trinajstić information content (AvgIpc) is 2.84. The molecule has 0 unspecified atom stereocenters. The Morgan fingerprint density at radius 1 is 1.23 bits per heavy atom. The van der Waals surface area contributed by atoms with E-state index in [1.165, 1.54) is 0 Å². The zero-order valence-electron chi connectivity index (χ0n) is 15.4. The summed E-state index contributed by atoms with van der Waals surface area (Å²) in [6, 6.07) is 6.04. The van der Waals surface area contributed by atoms with Crippen molar-refractivity contribution in [1.29, 1.82) is 0 Å². The molecule has 0 saturated carbocycles. The molecule has 0 aromatic heterocycles. The molecule has 1 aromatic rings. The van der Waals surface area contributed by atoms with Crippen molar-refractivity contribution in [3.8, 4) is 0 Å². The summed E-state index contributed by atoms with van der Waals surface area (Å²) in [6.45, 7) is 6.83. The third kappa shape index (κ3) is 4.77. The van der Waals surface area contributed by atoms with E-state index in [0.717, 1.165) is 10.5 Å². The van der Waals surface area contributed by atoms with Crippen LogP contribution in [-0.2, 0) is 25.4 Å². The minimum Gasteiger partial charge on any atom is -0.463 e. The van der Waals surface area contributed by atoms with Crippen LogP contribution in [0.2, 0.25) is 0 Å². The van der Waals surface area contributed by atoms with Crippen LogP contribution in [0.3, 0.4) is 0 Å². The molecule has 0 bridgehead atoms. The fraction of sp³-hybridized carbons (Fsp3) is 0.500. The summed E-state index contributed by atoms with van der Waals surface area (Å²) in [4.78, 5) is 37.8. The van der Waals surface area contributed by atoms with E-state index in [1.807, 2.05) is 0 Å². The zero-order valence-corrected chi connectivity index (χ0v) is 15.4. The van der Waals surface area contributed by atoms with E-state index in [2.05, 4.69) is 0 Å². The molecule has 1 aromatic carbocycles. The number of amides is 2. The first-order valence-corrected chi connectivity index (χ1v) is 8.36. The predicted octanol–water partition coefficient (Wildman–Crippen LogP) is 1.71. The van der Waals surface area contributed by atoms with Crippen molar-refractivity contribution < 1.29 is 28.6 Å². The topological polar surface area (TPSA) is 82.1 Å². The summed E-state index contributed by atoms with van der Waals surface area (Å²) >= 11 is 0. The van der Waals surface area contributed by atoms with Crippen molar-refractivity contribution in [2.45, 2.75) is 51.9 Å². The lowest BCUT2D eigenvalue weighted by Crippen LogP contribution is -2.47. The molecule has 2 atom stereocenters. The van der Waals surface area contributed by atoms with E-state index < -0.39 is 35.9 Å². The highest BCUT2D eigenvalue weighted by atomic mass is 16.6.